The minimum Gasteiger partial charge on any atom is -0.506 e. The minimum absolute atomic E-state index is 0.240. The lowest BCUT2D eigenvalue weighted by molar-refractivity contribution is -0.137. The molecule has 2 N–H and O–H groups in total. The number of alkyl halides is 3. The SMILES string of the molecule is CS[C@H](C)C(=O)Nc1cc(C(F)(F)F)ccc1O. The fraction of sp³-hybridized carbons (Fsp3) is 0.364. The van der Waals surface area contributed by atoms with Crippen molar-refractivity contribution in [3.63, 3.8) is 0 Å². The molecule has 1 aromatic rings. The first kappa shape index (κ1) is 14.7. The van der Waals surface area contributed by atoms with Gasteiger partial charge in [-0.1, -0.05) is 0 Å². The molecule has 0 saturated heterocycles. The summed E-state index contributed by atoms with van der Waals surface area (Å²) in [7, 11) is 0. The number of nitrogens with one attached hydrogen (secondary N) is 1. The average Bonchev–Trinajstić information content (AvgIpc) is 2.29. The number of thioether (sulfide) groups is 1. The fourth-order valence-corrected chi connectivity index (χ4v) is 1.43. The Balaban J connectivity index is 2.99. The van der Waals surface area contributed by atoms with Gasteiger partial charge in [-0.2, -0.15) is 24.9 Å². The van der Waals surface area contributed by atoms with Crippen molar-refractivity contribution in [2.24, 2.45) is 0 Å². The fourth-order valence-electron chi connectivity index (χ4n) is 1.15. The monoisotopic (exact) mass is 279 g/mol. The lowest BCUT2D eigenvalue weighted by atomic mass is 10.1. The maximum Gasteiger partial charge on any atom is 0.416 e. The molecule has 1 atom stereocenters. The molecule has 1 amide bonds. The number of rotatable bonds is 3. The Kier molecular flexibility index (Phi) is 4.50. The summed E-state index contributed by atoms with van der Waals surface area (Å²) in [5.74, 6) is -0.859. The van der Waals surface area contributed by atoms with Gasteiger partial charge >= 0.3 is 6.18 Å². The van der Waals surface area contributed by atoms with Crippen molar-refractivity contribution in [1.82, 2.24) is 0 Å². The van der Waals surface area contributed by atoms with Crippen LogP contribution in [0.5, 0.6) is 5.75 Å². The van der Waals surface area contributed by atoms with Gasteiger partial charge in [-0.15, -0.1) is 0 Å². The molecule has 3 nitrogen and oxygen atoms in total. The third-order valence-corrected chi connectivity index (χ3v) is 3.23. The first-order chi connectivity index (χ1) is 8.25. The van der Waals surface area contributed by atoms with Gasteiger partial charge < -0.3 is 10.4 Å². The number of aromatic hydroxyl groups is 1. The van der Waals surface area contributed by atoms with Crippen LogP contribution in [-0.2, 0) is 11.0 Å². The highest BCUT2D eigenvalue weighted by Gasteiger charge is 2.31. The van der Waals surface area contributed by atoms with E-state index < -0.39 is 28.6 Å². The quantitative estimate of drug-likeness (QED) is 0.836. The maximum absolute atomic E-state index is 12.5. The summed E-state index contributed by atoms with van der Waals surface area (Å²) in [5, 5.41) is 11.3. The van der Waals surface area contributed by atoms with E-state index in [-0.39, 0.29) is 5.69 Å². The Morgan fingerprint density at radius 3 is 2.56 bits per heavy atom. The van der Waals surface area contributed by atoms with Crippen LogP contribution in [0.1, 0.15) is 12.5 Å². The highest BCUT2D eigenvalue weighted by Crippen LogP contribution is 2.34. The Bertz CT molecular complexity index is 448. The molecule has 7 heteroatoms. The second-order valence-corrected chi connectivity index (χ2v) is 4.78. The molecule has 1 aromatic carbocycles. The highest BCUT2D eigenvalue weighted by molar-refractivity contribution is 7.99. The van der Waals surface area contributed by atoms with Crippen LogP contribution in [0.3, 0.4) is 0 Å². The summed E-state index contributed by atoms with van der Waals surface area (Å²) >= 11 is 1.25. The Morgan fingerprint density at radius 2 is 2.06 bits per heavy atom. The highest BCUT2D eigenvalue weighted by atomic mass is 32.2. The number of carbonyl (C=O) groups excluding carboxylic acids is 1. The van der Waals surface area contributed by atoms with Gasteiger partial charge in [0, 0.05) is 0 Å². The van der Waals surface area contributed by atoms with Crippen molar-refractivity contribution in [1.29, 1.82) is 0 Å². The van der Waals surface area contributed by atoms with Crippen molar-refractivity contribution in [2.45, 2.75) is 18.3 Å². The van der Waals surface area contributed by atoms with E-state index in [4.69, 9.17) is 0 Å². The molecular weight excluding hydrogens is 267 g/mol. The van der Waals surface area contributed by atoms with E-state index in [0.29, 0.717) is 6.07 Å². The zero-order chi connectivity index (χ0) is 13.9. The molecule has 0 spiro atoms. The second kappa shape index (κ2) is 5.51. The van der Waals surface area contributed by atoms with Crippen LogP contribution in [0.15, 0.2) is 18.2 Å². The predicted octanol–water partition coefficient (Wildman–Crippen LogP) is 3.10. The zero-order valence-electron chi connectivity index (χ0n) is 9.71. The number of amides is 1. The lowest BCUT2D eigenvalue weighted by Crippen LogP contribution is -2.22. The standard InChI is InChI=1S/C11H12F3NO2S/c1-6(18-2)10(17)15-8-5-7(11(12,13)14)3-4-9(8)16/h3-6,16H,1-2H3,(H,15,17)/t6-/m1/s1. The number of phenols is 1. The smallest absolute Gasteiger partial charge is 0.416 e. The predicted molar refractivity (Wildman–Crippen MR) is 64.7 cm³/mol. The van der Waals surface area contributed by atoms with Crippen molar-refractivity contribution in [3.8, 4) is 5.75 Å². The van der Waals surface area contributed by atoms with Crippen LogP contribution in [0, 0.1) is 0 Å². The molecule has 0 aromatic heterocycles. The molecule has 100 valence electrons. The van der Waals surface area contributed by atoms with Crippen LogP contribution in [0.2, 0.25) is 0 Å². The van der Waals surface area contributed by atoms with Crippen molar-refractivity contribution >= 4 is 23.4 Å². The van der Waals surface area contributed by atoms with Crippen molar-refractivity contribution < 1.29 is 23.1 Å². The molecule has 0 radical (unpaired) electrons. The summed E-state index contributed by atoms with van der Waals surface area (Å²) in [4.78, 5) is 11.5. The van der Waals surface area contributed by atoms with Gasteiger partial charge in [0.05, 0.1) is 16.5 Å². The lowest BCUT2D eigenvalue weighted by Gasteiger charge is -2.13. The number of phenolic OH excluding ortho intramolecular Hbond substituents is 1. The molecule has 0 aliphatic heterocycles. The van der Waals surface area contributed by atoms with Gasteiger partial charge in [0.25, 0.3) is 0 Å². The molecule has 0 unspecified atom stereocenters. The van der Waals surface area contributed by atoms with E-state index in [0.717, 1.165) is 12.1 Å². The van der Waals surface area contributed by atoms with Crippen molar-refractivity contribution in [2.75, 3.05) is 11.6 Å². The summed E-state index contributed by atoms with van der Waals surface area (Å²) in [5.41, 5.74) is -1.16. The third kappa shape index (κ3) is 3.56. The van der Waals surface area contributed by atoms with E-state index in [2.05, 4.69) is 5.32 Å². The molecule has 0 heterocycles. The van der Waals surface area contributed by atoms with E-state index >= 15 is 0 Å². The van der Waals surface area contributed by atoms with Gasteiger partial charge in [-0.3, -0.25) is 4.79 Å². The van der Waals surface area contributed by atoms with Crippen LogP contribution in [0.25, 0.3) is 0 Å². The Labute approximate surface area is 106 Å². The molecule has 18 heavy (non-hydrogen) atoms. The summed E-state index contributed by atoms with van der Waals surface area (Å²) < 4.78 is 37.4. The van der Waals surface area contributed by atoms with Gasteiger partial charge in [0.1, 0.15) is 5.75 Å². The molecule has 0 aliphatic rings. The van der Waals surface area contributed by atoms with Gasteiger partial charge in [-0.25, -0.2) is 0 Å². The van der Waals surface area contributed by atoms with Crippen LogP contribution in [-0.4, -0.2) is 22.5 Å². The zero-order valence-corrected chi connectivity index (χ0v) is 10.5. The van der Waals surface area contributed by atoms with Crippen LogP contribution in [0.4, 0.5) is 18.9 Å². The molecule has 1 rings (SSSR count). The molecule has 0 saturated carbocycles. The summed E-state index contributed by atoms with van der Waals surface area (Å²) in [6.07, 6.45) is -2.81. The number of halogens is 3. The molecule has 0 bridgehead atoms. The Hall–Kier alpha value is -1.37. The van der Waals surface area contributed by atoms with Gasteiger partial charge in [0.15, 0.2) is 0 Å². The first-order valence-electron chi connectivity index (χ1n) is 4.99. The van der Waals surface area contributed by atoms with Crippen LogP contribution < -0.4 is 5.32 Å². The molecule has 0 aliphatic carbocycles. The summed E-state index contributed by atoms with van der Waals surface area (Å²) in [6, 6.07) is 2.37. The topological polar surface area (TPSA) is 49.3 Å². The maximum atomic E-state index is 12.5. The number of hydrogen-bond acceptors (Lipinski definition) is 3. The Morgan fingerprint density at radius 1 is 1.44 bits per heavy atom. The number of benzene rings is 1. The minimum atomic E-state index is -4.52. The number of anilines is 1. The van der Waals surface area contributed by atoms with E-state index in [9.17, 15) is 23.1 Å². The van der Waals surface area contributed by atoms with E-state index in [1.54, 1.807) is 13.2 Å². The molecule has 0 fully saturated rings. The molecular formula is C11H12F3NO2S. The second-order valence-electron chi connectivity index (χ2n) is 3.60. The largest absolute Gasteiger partial charge is 0.506 e. The third-order valence-electron chi connectivity index (χ3n) is 2.30. The van der Waals surface area contributed by atoms with Gasteiger partial charge in [-0.05, 0) is 31.4 Å². The number of carbonyl (C=O) groups is 1. The number of hydrogen-bond donors (Lipinski definition) is 2. The average molecular weight is 279 g/mol. The summed E-state index contributed by atoms with van der Waals surface area (Å²) in [6.45, 7) is 1.62. The van der Waals surface area contributed by atoms with Crippen molar-refractivity contribution in [3.05, 3.63) is 23.8 Å². The van der Waals surface area contributed by atoms with Gasteiger partial charge in [0.2, 0.25) is 5.91 Å². The van der Waals surface area contributed by atoms with Crippen LogP contribution >= 0.6 is 11.8 Å². The van der Waals surface area contributed by atoms with E-state index in [1.165, 1.54) is 11.8 Å². The normalized spacial score (nSPS) is 13.2. The van der Waals surface area contributed by atoms with E-state index in [1.807, 2.05) is 0 Å². The first-order valence-corrected chi connectivity index (χ1v) is 6.28.